The molecule has 0 aromatic heterocycles. The molecule has 1 fully saturated rings. The molecule has 0 spiro atoms. The summed E-state index contributed by atoms with van der Waals surface area (Å²) in [4.78, 5) is 0. The highest BCUT2D eigenvalue weighted by Gasteiger charge is 2.17. The summed E-state index contributed by atoms with van der Waals surface area (Å²) in [5, 5.41) is 4.44. The number of nitrogens with zero attached hydrogens (tertiary/aromatic N) is 1. The van der Waals surface area contributed by atoms with Gasteiger partial charge in [0.25, 0.3) is 0 Å². The van der Waals surface area contributed by atoms with Crippen LogP contribution in [-0.2, 0) is 0 Å². The van der Waals surface area contributed by atoms with Gasteiger partial charge in [0, 0.05) is 11.8 Å². The molecule has 2 heteroatoms. The predicted molar refractivity (Wildman–Crippen MR) is 53.3 cm³/mol. The van der Waals surface area contributed by atoms with E-state index in [4.69, 9.17) is 0 Å². The van der Waals surface area contributed by atoms with Crippen LogP contribution in [0.3, 0.4) is 0 Å². The zero-order chi connectivity index (χ0) is 8.97. The average molecular weight is 168 g/mol. The molecule has 1 rings (SSSR count). The monoisotopic (exact) mass is 168 g/mol. The van der Waals surface area contributed by atoms with Crippen molar-refractivity contribution in [2.75, 3.05) is 0 Å². The molecule has 2 atom stereocenters. The van der Waals surface area contributed by atoms with E-state index in [1.165, 1.54) is 25.0 Å². The van der Waals surface area contributed by atoms with E-state index in [2.05, 4.69) is 31.3 Å². The van der Waals surface area contributed by atoms with Crippen LogP contribution in [0.4, 0.5) is 0 Å². The van der Waals surface area contributed by atoms with Gasteiger partial charge in [-0.05, 0) is 38.5 Å². The topological polar surface area (TPSA) is 24.4 Å². The molecular weight excluding hydrogens is 148 g/mol. The summed E-state index contributed by atoms with van der Waals surface area (Å²) >= 11 is 0. The van der Waals surface area contributed by atoms with Crippen LogP contribution in [0.5, 0.6) is 0 Å². The van der Waals surface area contributed by atoms with Gasteiger partial charge in [0.2, 0.25) is 0 Å². The molecule has 0 amide bonds. The highest BCUT2D eigenvalue weighted by atomic mass is 15.3. The number of rotatable bonds is 3. The summed E-state index contributed by atoms with van der Waals surface area (Å²) in [5.74, 6) is 0.710. The summed E-state index contributed by atoms with van der Waals surface area (Å²) in [5.41, 5.74) is 4.56. The highest BCUT2D eigenvalue weighted by Crippen LogP contribution is 2.21. The molecule has 0 radical (unpaired) electrons. The molecule has 0 aliphatic heterocycles. The van der Waals surface area contributed by atoms with E-state index < -0.39 is 0 Å². The van der Waals surface area contributed by atoms with E-state index in [1.807, 2.05) is 0 Å². The van der Waals surface area contributed by atoms with Gasteiger partial charge < -0.3 is 5.43 Å². The molecule has 1 N–H and O–H groups in total. The minimum Gasteiger partial charge on any atom is -0.307 e. The SMILES string of the molecule is CCC(C)N/N=C1/CCCC1C. The van der Waals surface area contributed by atoms with Crippen LogP contribution < -0.4 is 5.43 Å². The second-order valence-corrected chi connectivity index (χ2v) is 3.83. The van der Waals surface area contributed by atoms with Crippen LogP contribution in [0.15, 0.2) is 5.10 Å². The summed E-state index contributed by atoms with van der Waals surface area (Å²) in [6, 6.07) is 0.519. The number of hydrogen-bond donors (Lipinski definition) is 1. The maximum atomic E-state index is 4.44. The Morgan fingerprint density at radius 3 is 2.92 bits per heavy atom. The minimum absolute atomic E-state index is 0.519. The van der Waals surface area contributed by atoms with Crippen LogP contribution in [0.2, 0.25) is 0 Å². The standard InChI is InChI=1S/C10H20N2/c1-4-9(3)11-12-10-7-5-6-8(10)2/h8-9,11H,4-7H2,1-3H3/b12-10-. The van der Waals surface area contributed by atoms with E-state index in [1.54, 1.807) is 0 Å². The van der Waals surface area contributed by atoms with Gasteiger partial charge in [-0.15, -0.1) is 0 Å². The van der Waals surface area contributed by atoms with Crippen LogP contribution in [0.1, 0.15) is 46.5 Å². The Kier molecular flexibility index (Phi) is 3.57. The van der Waals surface area contributed by atoms with Crippen LogP contribution >= 0.6 is 0 Å². The van der Waals surface area contributed by atoms with Crippen molar-refractivity contribution < 1.29 is 0 Å². The second-order valence-electron chi connectivity index (χ2n) is 3.83. The number of nitrogens with one attached hydrogen (secondary N) is 1. The summed E-state index contributed by atoms with van der Waals surface area (Å²) in [6.07, 6.45) is 4.99. The molecule has 0 bridgehead atoms. The lowest BCUT2D eigenvalue weighted by Crippen LogP contribution is -2.21. The zero-order valence-electron chi connectivity index (χ0n) is 8.43. The van der Waals surface area contributed by atoms with E-state index in [0.29, 0.717) is 12.0 Å². The number of hydrogen-bond acceptors (Lipinski definition) is 2. The third-order valence-corrected chi connectivity index (χ3v) is 2.68. The third-order valence-electron chi connectivity index (χ3n) is 2.68. The molecular formula is C10H20N2. The number of hydrazone groups is 1. The Hall–Kier alpha value is -0.530. The Morgan fingerprint density at radius 2 is 2.42 bits per heavy atom. The maximum absolute atomic E-state index is 4.44. The molecule has 1 aliphatic carbocycles. The van der Waals surface area contributed by atoms with Gasteiger partial charge in [0.1, 0.15) is 0 Å². The Bertz CT molecular complexity index is 163. The first-order chi connectivity index (χ1) is 5.74. The summed E-state index contributed by atoms with van der Waals surface area (Å²) < 4.78 is 0. The van der Waals surface area contributed by atoms with E-state index in [-0.39, 0.29) is 0 Å². The molecule has 2 unspecified atom stereocenters. The van der Waals surface area contributed by atoms with E-state index in [0.717, 1.165) is 6.42 Å². The summed E-state index contributed by atoms with van der Waals surface area (Å²) in [7, 11) is 0. The molecule has 1 aliphatic rings. The third kappa shape index (κ3) is 2.50. The van der Waals surface area contributed by atoms with Crippen molar-refractivity contribution in [1.29, 1.82) is 0 Å². The fraction of sp³-hybridized carbons (Fsp3) is 0.900. The normalized spacial score (nSPS) is 29.2. The van der Waals surface area contributed by atoms with Gasteiger partial charge in [-0.25, -0.2) is 0 Å². The van der Waals surface area contributed by atoms with Crippen molar-refractivity contribution in [2.24, 2.45) is 11.0 Å². The molecule has 70 valence electrons. The predicted octanol–water partition coefficient (Wildman–Crippen LogP) is 2.55. The highest BCUT2D eigenvalue weighted by molar-refractivity contribution is 5.87. The fourth-order valence-electron chi connectivity index (χ4n) is 1.45. The molecule has 2 nitrogen and oxygen atoms in total. The van der Waals surface area contributed by atoms with Gasteiger partial charge in [0.15, 0.2) is 0 Å². The van der Waals surface area contributed by atoms with Gasteiger partial charge in [-0.3, -0.25) is 0 Å². The average Bonchev–Trinajstić information content (AvgIpc) is 2.47. The lowest BCUT2D eigenvalue weighted by atomic mass is 10.1. The Labute approximate surface area is 75.4 Å². The lowest BCUT2D eigenvalue weighted by molar-refractivity contribution is 0.553. The molecule has 0 saturated heterocycles. The van der Waals surface area contributed by atoms with Crippen molar-refractivity contribution in [1.82, 2.24) is 5.43 Å². The van der Waals surface area contributed by atoms with Crippen molar-refractivity contribution >= 4 is 5.71 Å². The molecule has 0 aromatic carbocycles. The van der Waals surface area contributed by atoms with Crippen LogP contribution in [0, 0.1) is 5.92 Å². The van der Waals surface area contributed by atoms with E-state index in [9.17, 15) is 0 Å². The Balaban J connectivity index is 2.35. The first kappa shape index (κ1) is 9.56. The fourth-order valence-corrected chi connectivity index (χ4v) is 1.45. The second kappa shape index (κ2) is 4.48. The zero-order valence-corrected chi connectivity index (χ0v) is 8.43. The van der Waals surface area contributed by atoms with Crippen molar-refractivity contribution in [3.63, 3.8) is 0 Å². The van der Waals surface area contributed by atoms with Gasteiger partial charge in [-0.2, -0.15) is 5.10 Å². The van der Waals surface area contributed by atoms with Crippen LogP contribution in [0.25, 0.3) is 0 Å². The van der Waals surface area contributed by atoms with Gasteiger partial charge >= 0.3 is 0 Å². The first-order valence-electron chi connectivity index (χ1n) is 5.06. The molecule has 1 saturated carbocycles. The van der Waals surface area contributed by atoms with E-state index >= 15 is 0 Å². The largest absolute Gasteiger partial charge is 0.307 e. The molecule has 0 aromatic rings. The van der Waals surface area contributed by atoms with Crippen molar-refractivity contribution in [2.45, 2.75) is 52.5 Å². The van der Waals surface area contributed by atoms with Crippen molar-refractivity contribution in [3.05, 3.63) is 0 Å². The van der Waals surface area contributed by atoms with Crippen LogP contribution in [-0.4, -0.2) is 11.8 Å². The lowest BCUT2D eigenvalue weighted by Gasteiger charge is -2.10. The molecule has 0 heterocycles. The molecule has 12 heavy (non-hydrogen) atoms. The van der Waals surface area contributed by atoms with Gasteiger partial charge in [-0.1, -0.05) is 13.8 Å². The maximum Gasteiger partial charge on any atom is 0.0409 e. The summed E-state index contributed by atoms with van der Waals surface area (Å²) in [6.45, 7) is 6.61. The minimum atomic E-state index is 0.519. The Morgan fingerprint density at radius 1 is 1.67 bits per heavy atom. The van der Waals surface area contributed by atoms with Crippen molar-refractivity contribution in [3.8, 4) is 0 Å². The smallest absolute Gasteiger partial charge is 0.0409 e. The van der Waals surface area contributed by atoms with Gasteiger partial charge in [0.05, 0.1) is 0 Å². The first-order valence-corrected chi connectivity index (χ1v) is 5.06. The quantitative estimate of drug-likeness (QED) is 0.643.